The smallest absolute Gasteiger partial charge is 0.322 e. The van der Waals surface area contributed by atoms with E-state index in [-0.39, 0.29) is 0 Å². The third-order valence-electron chi connectivity index (χ3n) is 2.95. The summed E-state index contributed by atoms with van der Waals surface area (Å²) in [5.41, 5.74) is 5.33. The minimum atomic E-state index is -2.84. The summed E-state index contributed by atoms with van der Waals surface area (Å²) in [7, 11) is 1.15. The van der Waals surface area contributed by atoms with Crippen LogP contribution in [0.3, 0.4) is 0 Å². The van der Waals surface area contributed by atoms with Gasteiger partial charge in [0.15, 0.2) is 0 Å². The van der Waals surface area contributed by atoms with Gasteiger partial charge in [-0.05, 0) is 12.8 Å². The van der Waals surface area contributed by atoms with Gasteiger partial charge in [0.1, 0.15) is 6.04 Å². The van der Waals surface area contributed by atoms with Crippen molar-refractivity contribution < 1.29 is 18.3 Å². The number of hydrogen-bond acceptors (Lipinski definition) is 3. The summed E-state index contributed by atoms with van der Waals surface area (Å²) in [6, 6.07) is -1.22. The van der Waals surface area contributed by atoms with Gasteiger partial charge in [0.2, 0.25) is 0 Å². The number of carbonyl (C=O) groups excluding carboxylic acids is 1. The zero-order valence-electron chi connectivity index (χ0n) is 8.84. The average Bonchev–Trinajstić information content (AvgIpc) is 2.69. The monoisotopic (exact) mass is 221 g/mol. The minimum Gasteiger partial charge on any atom is -0.468 e. The van der Waals surface area contributed by atoms with Crippen molar-refractivity contribution in [1.82, 2.24) is 0 Å². The number of hydrogen-bond donors (Lipinski definition) is 1. The SMILES string of the molecule is COC(=O)[C@@H](N)CC(F)(F)C1CCCC1. The highest BCUT2D eigenvalue weighted by atomic mass is 19.3. The number of methoxy groups -OCH3 is 1. The van der Waals surface area contributed by atoms with Crippen LogP contribution >= 0.6 is 0 Å². The van der Waals surface area contributed by atoms with E-state index in [9.17, 15) is 13.6 Å². The van der Waals surface area contributed by atoms with Crippen molar-refractivity contribution in [2.24, 2.45) is 11.7 Å². The zero-order chi connectivity index (χ0) is 11.5. The Morgan fingerprint density at radius 3 is 2.53 bits per heavy atom. The molecule has 0 aromatic heterocycles. The predicted molar refractivity (Wildman–Crippen MR) is 51.5 cm³/mol. The van der Waals surface area contributed by atoms with Crippen molar-refractivity contribution in [3.05, 3.63) is 0 Å². The van der Waals surface area contributed by atoms with E-state index in [4.69, 9.17) is 5.73 Å². The maximum absolute atomic E-state index is 13.6. The highest BCUT2D eigenvalue weighted by Crippen LogP contribution is 2.40. The fourth-order valence-electron chi connectivity index (χ4n) is 2.04. The van der Waals surface area contributed by atoms with E-state index in [1.165, 1.54) is 0 Å². The van der Waals surface area contributed by atoms with Gasteiger partial charge in [0, 0.05) is 12.3 Å². The molecule has 3 nitrogen and oxygen atoms in total. The molecule has 88 valence electrons. The summed E-state index contributed by atoms with van der Waals surface area (Å²) in [6.07, 6.45) is 2.13. The van der Waals surface area contributed by atoms with Gasteiger partial charge < -0.3 is 10.5 Å². The summed E-state index contributed by atoms with van der Waals surface area (Å²) >= 11 is 0. The van der Waals surface area contributed by atoms with Gasteiger partial charge >= 0.3 is 5.97 Å². The fraction of sp³-hybridized carbons (Fsp3) is 0.900. The van der Waals surface area contributed by atoms with Crippen molar-refractivity contribution in [2.75, 3.05) is 7.11 Å². The van der Waals surface area contributed by atoms with Gasteiger partial charge in [-0.3, -0.25) is 4.79 Å². The molecule has 1 saturated carbocycles. The molecule has 0 aromatic rings. The second-order valence-electron chi connectivity index (χ2n) is 4.08. The van der Waals surface area contributed by atoms with Crippen LogP contribution in [0.1, 0.15) is 32.1 Å². The maximum Gasteiger partial charge on any atom is 0.322 e. The van der Waals surface area contributed by atoms with Crippen molar-refractivity contribution in [2.45, 2.75) is 44.1 Å². The lowest BCUT2D eigenvalue weighted by Gasteiger charge is -2.24. The first-order valence-electron chi connectivity index (χ1n) is 5.18. The third-order valence-corrected chi connectivity index (χ3v) is 2.95. The van der Waals surface area contributed by atoms with E-state index in [0.717, 1.165) is 20.0 Å². The van der Waals surface area contributed by atoms with E-state index in [1.54, 1.807) is 0 Å². The molecule has 0 heterocycles. The van der Waals surface area contributed by atoms with Crippen molar-refractivity contribution >= 4 is 5.97 Å². The van der Waals surface area contributed by atoms with E-state index >= 15 is 0 Å². The molecule has 1 rings (SSSR count). The molecule has 0 unspecified atom stereocenters. The van der Waals surface area contributed by atoms with Crippen LogP contribution < -0.4 is 5.73 Å². The number of alkyl halides is 2. The number of rotatable bonds is 4. The van der Waals surface area contributed by atoms with Gasteiger partial charge in [-0.2, -0.15) is 0 Å². The molecule has 0 saturated heterocycles. The Morgan fingerprint density at radius 2 is 2.07 bits per heavy atom. The van der Waals surface area contributed by atoms with Gasteiger partial charge in [-0.25, -0.2) is 8.78 Å². The van der Waals surface area contributed by atoms with Crippen LogP contribution in [0.4, 0.5) is 8.78 Å². The number of halogens is 2. The van der Waals surface area contributed by atoms with Crippen molar-refractivity contribution in [3.8, 4) is 0 Å². The molecular formula is C10H17F2NO2. The standard InChI is InChI=1S/C10H17F2NO2/c1-15-9(14)8(13)6-10(11,12)7-4-2-3-5-7/h7-8H,2-6,13H2,1H3/t8-/m0/s1. The number of ether oxygens (including phenoxy) is 1. The Morgan fingerprint density at radius 1 is 1.53 bits per heavy atom. The first-order valence-corrected chi connectivity index (χ1v) is 5.18. The Hall–Kier alpha value is -0.710. The molecule has 1 fully saturated rings. The topological polar surface area (TPSA) is 52.3 Å². The van der Waals surface area contributed by atoms with Crippen LogP contribution in [0.2, 0.25) is 0 Å². The van der Waals surface area contributed by atoms with Crippen LogP contribution in [0, 0.1) is 5.92 Å². The number of esters is 1. The quantitative estimate of drug-likeness (QED) is 0.735. The second-order valence-corrected chi connectivity index (χ2v) is 4.08. The summed E-state index contributed by atoms with van der Waals surface area (Å²) in [6.45, 7) is 0. The summed E-state index contributed by atoms with van der Waals surface area (Å²) in [5, 5.41) is 0. The lowest BCUT2D eigenvalue weighted by Crippen LogP contribution is -2.40. The predicted octanol–water partition coefficient (Wildman–Crippen LogP) is 1.70. The molecule has 1 aliphatic carbocycles. The Balaban J connectivity index is 2.50. The number of nitrogens with two attached hydrogens (primary N) is 1. The minimum absolute atomic E-state index is 0.529. The lowest BCUT2D eigenvalue weighted by molar-refractivity contribution is -0.146. The molecule has 0 radical (unpaired) electrons. The van der Waals surface area contributed by atoms with Crippen LogP contribution in [-0.4, -0.2) is 25.0 Å². The fourth-order valence-corrected chi connectivity index (χ4v) is 2.04. The molecule has 0 aliphatic heterocycles. The highest BCUT2D eigenvalue weighted by molar-refractivity contribution is 5.75. The molecule has 1 atom stereocenters. The van der Waals surface area contributed by atoms with Gasteiger partial charge in [-0.15, -0.1) is 0 Å². The van der Waals surface area contributed by atoms with Crippen LogP contribution in [0.25, 0.3) is 0 Å². The highest BCUT2D eigenvalue weighted by Gasteiger charge is 2.43. The summed E-state index contributed by atoms with van der Waals surface area (Å²) < 4.78 is 31.5. The van der Waals surface area contributed by atoms with Crippen LogP contribution in [-0.2, 0) is 9.53 Å². The average molecular weight is 221 g/mol. The van der Waals surface area contributed by atoms with E-state index < -0.39 is 30.3 Å². The molecule has 0 spiro atoms. The first-order chi connectivity index (χ1) is 6.97. The maximum atomic E-state index is 13.6. The summed E-state index contributed by atoms with van der Waals surface area (Å²) in [4.78, 5) is 10.9. The molecular weight excluding hydrogens is 204 g/mol. The van der Waals surface area contributed by atoms with E-state index in [0.29, 0.717) is 12.8 Å². The van der Waals surface area contributed by atoms with Crippen molar-refractivity contribution in [1.29, 1.82) is 0 Å². The zero-order valence-corrected chi connectivity index (χ0v) is 8.84. The lowest BCUT2D eigenvalue weighted by atomic mass is 9.94. The Kier molecular flexibility index (Phi) is 4.02. The molecule has 1 aliphatic rings. The van der Waals surface area contributed by atoms with E-state index in [1.807, 2.05) is 0 Å². The first kappa shape index (κ1) is 12.4. The van der Waals surface area contributed by atoms with Gasteiger partial charge in [0.25, 0.3) is 5.92 Å². The molecule has 0 amide bonds. The molecule has 5 heteroatoms. The van der Waals surface area contributed by atoms with Crippen LogP contribution in [0.5, 0.6) is 0 Å². The summed E-state index contributed by atoms with van der Waals surface area (Å²) in [5.74, 6) is -4.23. The molecule has 2 N–H and O–H groups in total. The number of carbonyl (C=O) groups is 1. The third kappa shape index (κ3) is 3.12. The normalized spacial score (nSPS) is 20.3. The largest absolute Gasteiger partial charge is 0.468 e. The Bertz CT molecular complexity index is 227. The van der Waals surface area contributed by atoms with Crippen molar-refractivity contribution in [3.63, 3.8) is 0 Å². The second kappa shape index (κ2) is 4.88. The van der Waals surface area contributed by atoms with Crippen LogP contribution in [0.15, 0.2) is 0 Å². The van der Waals surface area contributed by atoms with Gasteiger partial charge in [-0.1, -0.05) is 12.8 Å². The molecule has 0 bridgehead atoms. The molecule has 0 aromatic carbocycles. The molecule has 15 heavy (non-hydrogen) atoms. The van der Waals surface area contributed by atoms with E-state index in [2.05, 4.69) is 4.74 Å². The Labute approximate surface area is 88.0 Å². The van der Waals surface area contributed by atoms with Gasteiger partial charge in [0.05, 0.1) is 7.11 Å².